The second-order valence-corrected chi connectivity index (χ2v) is 9.19. The average molecular weight is 347 g/mol. The number of ether oxygens (including phenoxy) is 1. The van der Waals surface area contributed by atoms with E-state index in [1.165, 1.54) is 19.8 Å². The predicted octanol–water partition coefficient (Wildman–Crippen LogP) is 4.06. The van der Waals surface area contributed by atoms with Crippen LogP contribution in [0.2, 0.25) is 6.04 Å². The molecule has 0 aromatic carbocycles. The minimum Gasteiger partial charge on any atom is -0.478 e. The maximum absolute atomic E-state index is 9.60. The van der Waals surface area contributed by atoms with E-state index in [1.807, 2.05) is 0 Å². The van der Waals surface area contributed by atoms with E-state index in [0.717, 1.165) is 38.7 Å². The fraction of sp³-hybridized carbons (Fsp3) is 0.824. The van der Waals surface area contributed by atoms with Gasteiger partial charge in [-0.2, -0.15) is 0 Å². The van der Waals surface area contributed by atoms with Crippen molar-refractivity contribution in [3.05, 3.63) is 12.2 Å². The van der Waals surface area contributed by atoms with Crippen LogP contribution in [0, 0.1) is 0 Å². The van der Waals surface area contributed by atoms with E-state index in [0.29, 0.717) is 0 Å². The second kappa shape index (κ2) is 11.0. The Kier molecular flexibility index (Phi) is 10.6. The molecule has 136 valence electrons. The standard InChI is InChI=1S/C13H28O3Si.C4H6O2/c1-5-13(14-6-2)11-9-10-12-17(13,15-7-3)16-8-4;1-3(2)4(5)6/h5-12H2,1-4H3;1H2,2H3,(H,5,6). The summed E-state index contributed by atoms with van der Waals surface area (Å²) in [6, 6.07) is 1.09. The number of carboxylic acids is 1. The predicted molar refractivity (Wildman–Crippen MR) is 94.8 cm³/mol. The number of hydrogen-bond donors (Lipinski definition) is 1. The molecule has 0 aliphatic carbocycles. The molecular formula is C17H34O5Si. The lowest BCUT2D eigenvalue weighted by molar-refractivity contribution is -0.132. The Bertz CT molecular complexity index is 344. The van der Waals surface area contributed by atoms with Crippen molar-refractivity contribution in [2.45, 2.75) is 71.6 Å². The zero-order chi connectivity index (χ0) is 17.9. The number of aliphatic carboxylic acids is 1. The van der Waals surface area contributed by atoms with Gasteiger partial charge in [-0.25, -0.2) is 4.79 Å². The fourth-order valence-electron chi connectivity index (χ4n) is 3.11. The van der Waals surface area contributed by atoms with Crippen molar-refractivity contribution in [2.24, 2.45) is 0 Å². The van der Waals surface area contributed by atoms with Gasteiger partial charge >= 0.3 is 14.5 Å². The maximum atomic E-state index is 9.60. The van der Waals surface area contributed by atoms with Gasteiger partial charge in [-0.1, -0.05) is 26.3 Å². The van der Waals surface area contributed by atoms with Crippen molar-refractivity contribution in [1.82, 2.24) is 0 Å². The third-order valence-electron chi connectivity index (χ3n) is 4.14. The zero-order valence-electron chi connectivity index (χ0n) is 15.4. The molecule has 23 heavy (non-hydrogen) atoms. The smallest absolute Gasteiger partial charge is 0.371 e. The third kappa shape index (κ3) is 6.03. The summed E-state index contributed by atoms with van der Waals surface area (Å²) in [6.07, 6.45) is 4.57. The van der Waals surface area contributed by atoms with Gasteiger partial charge in [0, 0.05) is 25.4 Å². The van der Waals surface area contributed by atoms with Crippen molar-refractivity contribution in [3.8, 4) is 0 Å². The van der Waals surface area contributed by atoms with Gasteiger partial charge in [0.15, 0.2) is 0 Å². The van der Waals surface area contributed by atoms with Gasteiger partial charge in [-0.05, 0) is 46.6 Å². The summed E-state index contributed by atoms with van der Waals surface area (Å²) >= 11 is 0. The summed E-state index contributed by atoms with van der Waals surface area (Å²) in [5.74, 6) is -0.935. The van der Waals surface area contributed by atoms with Crippen LogP contribution < -0.4 is 0 Å². The van der Waals surface area contributed by atoms with Crippen molar-refractivity contribution >= 4 is 14.5 Å². The Balaban J connectivity index is 0.000000688. The van der Waals surface area contributed by atoms with Gasteiger partial charge in [0.1, 0.15) is 5.22 Å². The second-order valence-electron chi connectivity index (χ2n) is 5.69. The summed E-state index contributed by atoms with van der Waals surface area (Å²) in [5, 5.41) is 7.77. The molecule has 0 saturated carbocycles. The Morgan fingerprint density at radius 2 is 1.65 bits per heavy atom. The van der Waals surface area contributed by atoms with Crippen LogP contribution in [-0.4, -0.2) is 44.7 Å². The lowest BCUT2D eigenvalue weighted by Crippen LogP contribution is -2.65. The van der Waals surface area contributed by atoms with Crippen LogP contribution in [0.25, 0.3) is 0 Å². The molecule has 0 radical (unpaired) electrons. The van der Waals surface area contributed by atoms with E-state index >= 15 is 0 Å². The zero-order valence-corrected chi connectivity index (χ0v) is 16.4. The molecule has 1 heterocycles. The molecule has 1 fully saturated rings. The molecule has 1 atom stereocenters. The SMILES string of the molecule is C=C(C)C(=O)O.CCOC1(CC)CCCC[Si]1(OCC)OCC. The first-order valence-corrected chi connectivity index (χ1v) is 10.7. The molecule has 1 unspecified atom stereocenters. The van der Waals surface area contributed by atoms with Gasteiger partial charge < -0.3 is 18.7 Å². The third-order valence-corrected chi connectivity index (χ3v) is 8.80. The summed E-state index contributed by atoms with van der Waals surface area (Å²) in [7, 11) is -2.21. The largest absolute Gasteiger partial charge is 0.478 e. The Hall–Kier alpha value is -0.693. The molecule has 0 amide bonds. The topological polar surface area (TPSA) is 65.0 Å². The highest BCUT2D eigenvalue weighted by atomic mass is 28.4. The number of carboxylic acid groups (broad SMARTS) is 1. The van der Waals surface area contributed by atoms with E-state index in [4.69, 9.17) is 18.7 Å². The van der Waals surface area contributed by atoms with E-state index in [-0.39, 0.29) is 10.8 Å². The number of carbonyl (C=O) groups is 1. The summed E-state index contributed by atoms with van der Waals surface area (Å²) in [6.45, 7) is 15.2. The minimum atomic E-state index is -2.21. The highest BCUT2D eigenvalue weighted by molar-refractivity contribution is 6.70. The molecule has 0 bridgehead atoms. The van der Waals surface area contributed by atoms with Crippen molar-refractivity contribution < 1.29 is 23.5 Å². The van der Waals surface area contributed by atoms with Crippen molar-refractivity contribution in [3.63, 3.8) is 0 Å². The lowest BCUT2D eigenvalue weighted by Gasteiger charge is -2.49. The molecule has 1 aliphatic rings. The first-order chi connectivity index (χ1) is 10.8. The molecule has 1 saturated heterocycles. The lowest BCUT2D eigenvalue weighted by atomic mass is 10.1. The molecule has 1 rings (SSSR count). The van der Waals surface area contributed by atoms with Crippen LogP contribution >= 0.6 is 0 Å². The molecule has 0 aromatic heterocycles. The van der Waals surface area contributed by atoms with Crippen LogP contribution in [0.5, 0.6) is 0 Å². The fourth-order valence-corrected chi connectivity index (χ4v) is 7.57. The van der Waals surface area contributed by atoms with Gasteiger partial charge in [0.25, 0.3) is 0 Å². The van der Waals surface area contributed by atoms with Crippen molar-refractivity contribution in [2.75, 3.05) is 19.8 Å². The molecule has 1 N–H and O–H groups in total. The van der Waals surface area contributed by atoms with E-state index in [9.17, 15) is 4.79 Å². The number of hydrogen-bond acceptors (Lipinski definition) is 4. The quantitative estimate of drug-likeness (QED) is 0.530. The van der Waals surface area contributed by atoms with Crippen LogP contribution in [0.3, 0.4) is 0 Å². The van der Waals surface area contributed by atoms with E-state index in [2.05, 4.69) is 34.3 Å². The highest BCUT2D eigenvalue weighted by Gasteiger charge is 2.58. The minimum absolute atomic E-state index is 0.119. The molecule has 1 aliphatic heterocycles. The molecule has 0 aromatic rings. The highest BCUT2D eigenvalue weighted by Crippen LogP contribution is 2.42. The van der Waals surface area contributed by atoms with Gasteiger partial charge in [-0.3, -0.25) is 0 Å². The Morgan fingerprint density at radius 1 is 1.13 bits per heavy atom. The van der Waals surface area contributed by atoms with Gasteiger partial charge in [0.05, 0.1) is 0 Å². The monoisotopic (exact) mass is 346 g/mol. The maximum Gasteiger partial charge on any atom is 0.371 e. The molecular weight excluding hydrogens is 312 g/mol. The Labute approximate surface area is 142 Å². The van der Waals surface area contributed by atoms with E-state index in [1.54, 1.807) is 0 Å². The normalized spacial score (nSPS) is 22.8. The van der Waals surface area contributed by atoms with Crippen LogP contribution in [0.4, 0.5) is 0 Å². The summed E-state index contributed by atoms with van der Waals surface area (Å²) < 4.78 is 18.5. The summed E-state index contributed by atoms with van der Waals surface area (Å²) in [5.41, 5.74) is 0.176. The van der Waals surface area contributed by atoms with Crippen LogP contribution in [-0.2, 0) is 18.4 Å². The summed E-state index contributed by atoms with van der Waals surface area (Å²) in [4.78, 5) is 9.60. The van der Waals surface area contributed by atoms with Crippen LogP contribution in [0.1, 0.15) is 60.3 Å². The number of rotatable bonds is 8. The molecule has 0 spiro atoms. The van der Waals surface area contributed by atoms with E-state index < -0.39 is 14.5 Å². The van der Waals surface area contributed by atoms with Crippen molar-refractivity contribution in [1.29, 1.82) is 0 Å². The average Bonchev–Trinajstić information content (AvgIpc) is 2.51. The molecule has 6 heteroatoms. The first-order valence-electron chi connectivity index (χ1n) is 8.65. The van der Waals surface area contributed by atoms with Gasteiger partial charge in [-0.15, -0.1) is 0 Å². The molecule has 5 nitrogen and oxygen atoms in total. The van der Waals surface area contributed by atoms with Crippen LogP contribution in [0.15, 0.2) is 12.2 Å². The first kappa shape index (κ1) is 22.3. The van der Waals surface area contributed by atoms with Gasteiger partial charge in [0.2, 0.25) is 0 Å². The Morgan fingerprint density at radius 3 is 2.00 bits per heavy atom.